The van der Waals surface area contributed by atoms with Crippen LogP contribution in [0.4, 0.5) is 0 Å². The number of nitrogens with one attached hydrogen (secondary N) is 2. The van der Waals surface area contributed by atoms with E-state index in [-0.39, 0.29) is 0 Å². The molecule has 24 heavy (non-hydrogen) atoms. The zero-order valence-corrected chi connectivity index (χ0v) is 14.5. The van der Waals surface area contributed by atoms with Crippen molar-refractivity contribution in [2.24, 2.45) is 5.73 Å². The molecule has 0 saturated heterocycles. The number of aromatic nitrogens is 3. The molecule has 0 radical (unpaired) electrons. The average Bonchev–Trinajstić information content (AvgIpc) is 3.00. The smallest absolute Gasteiger partial charge is 0.141 e. The number of imidazole rings is 1. The van der Waals surface area contributed by atoms with Gasteiger partial charge in [0.2, 0.25) is 0 Å². The van der Waals surface area contributed by atoms with Crippen LogP contribution in [0.3, 0.4) is 0 Å². The highest BCUT2D eigenvalue weighted by Gasteiger charge is 2.19. The molecule has 0 amide bonds. The third-order valence-electron chi connectivity index (χ3n) is 4.07. The highest BCUT2D eigenvalue weighted by atomic mass is 16.5. The highest BCUT2D eigenvalue weighted by Crippen LogP contribution is 2.34. The quantitative estimate of drug-likeness (QED) is 0.636. The standard InChI is InChI=1S/C18H21N5O/c1-8(19)16(9(2)20)14-6-13(17-10(3)23-24-11(17)4)7-15-18(14)22-12(5)21-15/h6-7,19H,20H2,1-5H3,(H,21,22)/b16-9+,19-8?. The Morgan fingerprint density at radius 1 is 1.21 bits per heavy atom. The Kier molecular flexibility index (Phi) is 3.75. The molecule has 0 aliphatic carbocycles. The molecule has 124 valence electrons. The zero-order valence-electron chi connectivity index (χ0n) is 14.5. The molecule has 0 unspecified atom stereocenters. The van der Waals surface area contributed by atoms with Gasteiger partial charge < -0.3 is 20.7 Å². The Morgan fingerprint density at radius 2 is 1.92 bits per heavy atom. The molecule has 3 rings (SSSR count). The maximum Gasteiger partial charge on any atom is 0.141 e. The van der Waals surface area contributed by atoms with Crippen molar-refractivity contribution < 1.29 is 4.52 Å². The van der Waals surface area contributed by atoms with E-state index in [0.717, 1.165) is 50.6 Å². The van der Waals surface area contributed by atoms with E-state index in [2.05, 4.69) is 15.1 Å². The van der Waals surface area contributed by atoms with E-state index in [9.17, 15) is 0 Å². The Bertz CT molecular complexity index is 967. The van der Waals surface area contributed by atoms with Crippen molar-refractivity contribution in [3.05, 3.63) is 40.7 Å². The second kappa shape index (κ2) is 5.63. The molecule has 0 spiro atoms. The van der Waals surface area contributed by atoms with E-state index in [1.54, 1.807) is 6.92 Å². The number of aryl methyl sites for hydroxylation is 3. The molecule has 0 saturated carbocycles. The fraction of sp³-hybridized carbons (Fsp3) is 0.278. The van der Waals surface area contributed by atoms with Crippen molar-refractivity contribution in [2.45, 2.75) is 34.6 Å². The van der Waals surface area contributed by atoms with Crippen LogP contribution in [0.15, 0.2) is 22.4 Å². The van der Waals surface area contributed by atoms with Crippen molar-refractivity contribution in [2.75, 3.05) is 0 Å². The van der Waals surface area contributed by atoms with E-state index in [1.165, 1.54) is 0 Å². The third-order valence-corrected chi connectivity index (χ3v) is 4.07. The Morgan fingerprint density at radius 3 is 2.46 bits per heavy atom. The molecular weight excluding hydrogens is 302 g/mol. The highest BCUT2D eigenvalue weighted by molar-refractivity contribution is 6.24. The Balaban J connectivity index is 2.40. The first-order chi connectivity index (χ1) is 11.3. The molecule has 0 aliphatic heterocycles. The van der Waals surface area contributed by atoms with Crippen LogP contribution in [0.1, 0.15) is 36.7 Å². The van der Waals surface area contributed by atoms with Crippen LogP contribution in [0.5, 0.6) is 0 Å². The number of nitrogens with two attached hydrogens (primary N) is 1. The van der Waals surface area contributed by atoms with E-state index >= 15 is 0 Å². The minimum atomic E-state index is 0.416. The van der Waals surface area contributed by atoms with E-state index < -0.39 is 0 Å². The summed E-state index contributed by atoms with van der Waals surface area (Å²) in [6.07, 6.45) is 0. The summed E-state index contributed by atoms with van der Waals surface area (Å²) >= 11 is 0. The first-order valence-electron chi connectivity index (χ1n) is 7.75. The number of hydrogen-bond acceptors (Lipinski definition) is 5. The number of fused-ring (bicyclic) bond motifs is 1. The second-order valence-corrected chi connectivity index (χ2v) is 6.12. The van der Waals surface area contributed by atoms with Crippen molar-refractivity contribution in [3.63, 3.8) is 0 Å². The Hall–Kier alpha value is -2.89. The molecule has 4 N–H and O–H groups in total. The normalized spacial score (nSPS) is 12.5. The van der Waals surface area contributed by atoms with Crippen molar-refractivity contribution in [1.29, 1.82) is 5.41 Å². The zero-order chi connectivity index (χ0) is 17.6. The van der Waals surface area contributed by atoms with Crippen molar-refractivity contribution in [1.82, 2.24) is 15.1 Å². The maximum absolute atomic E-state index is 8.13. The summed E-state index contributed by atoms with van der Waals surface area (Å²) in [6.45, 7) is 9.27. The molecule has 6 heteroatoms. The molecular formula is C18H21N5O. The van der Waals surface area contributed by atoms with Crippen LogP contribution in [-0.4, -0.2) is 20.8 Å². The van der Waals surface area contributed by atoms with Gasteiger partial charge in [-0.1, -0.05) is 5.16 Å². The molecule has 0 fully saturated rings. The summed E-state index contributed by atoms with van der Waals surface area (Å²) in [5.41, 5.74) is 13.1. The average molecular weight is 323 g/mol. The lowest BCUT2D eigenvalue weighted by Crippen LogP contribution is -2.05. The lowest BCUT2D eigenvalue weighted by molar-refractivity contribution is 0.393. The van der Waals surface area contributed by atoms with Crippen LogP contribution < -0.4 is 5.73 Å². The Labute approximate surface area is 140 Å². The van der Waals surface area contributed by atoms with Crippen LogP contribution in [0, 0.1) is 26.2 Å². The number of H-pyrrole nitrogens is 1. The van der Waals surface area contributed by atoms with Crippen LogP contribution in [0.2, 0.25) is 0 Å². The van der Waals surface area contributed by atoms with Gasteiger partial charge in [0, 0.05) is 28.1 Å². The van der Waals surface area contributed by atoms with Gasteiger partial charge in [0.25, 0.3) is 0 Å². The SMILES string of the molecule is CC(=N)/C(=C(/C)N)c1cc(-c2c(C)noc2C)cc2nc(C)[nH]c12. The molecule has 2 aromatic heterocycles. The topological polar surface area (TPSA) is 105 Å². The molecule has 2 heterocycles. The number of allylic oxidation sites excluding steroid dienone is 2. The molecule has 6 nitrogen and oxygen atoms in total. The number of hydrogen-bond donors (Lipinski definition) is 3. The van der Waals surface area contributed by atoms with Gasteiger partial charge >= 0.3 is 0 Å². The predicted octanol–water partition coefficient (Wildman–Crippen LogP) is 3.87. The first-order valence-corrected chi connectivity index (χ1v) is 7.75. The van der Waals surface area contributed by atoms with Crippen LogP contribution >= 0.6 is 0 Å². The number of benzene rings is 1. The van der Waals surface area contributed by atoms with Crippen LogP contribution in [-0.2, 0) is 0 Å². The van der Waals surface area contributed by atoms with E-state index in [1.807, 2.05) is 39.8 Å². The molecule has 0 aliphatic rings. The summed E-state index contributed by atoms with van der Waals surface area (Å²) in [5.74, 6) is 1.57. The summed E-state index contributed by atoms with van der Waals surface area (Å²) in [5, 5.41) is 12.2. The summed E-state index contributed by atoms with van der Waals surface area (Å²) < 4.78 is 5.31. The van der Waals surface area contributed by atoms with Gasteiger partial charge in [0.15, 0.2) is 0 Å². The number of nitrogens with zero attached hydrogens (tertiary/aromatic N) is 2. The maximum atomic E-state index is 8.13. The molecule has 3 aromatic rings. The fourth-order valence-corrected chi connectivity index (χ4v) is 3.18. The summed E-state index contributed by atoms with van der Waals surface area (Å²) in [4.78, 5) is 7.85. The molecule has 1 aromatic carbocycles. The molecule has 0 bridgehead atoms. The lowest BCUT2D eigenvalue weighted by atomic mass is 9.94. The number of rotatable bonds is 3. The minimum absolute atomic E-state index is 0.416. The lowest BCUT2D eigenvalue weighted by Gasteiger charge is -2.12. The first kappa shape index (κ1) is 16.0. The van der Waals surface area contributed by atoms with E-state index in [0.29, 0.717) is 11.4 Å². The van der Waals surface area contributed by atoms with Gasteiger partial charge in [0.05, 0.1) is 16.7 Å². The van der Waals surface area contributed by atoms with Gasteiger partial charge in [-0.25, -0.2) is 4.98 Å². The van der Waals surface area contributed by atoms with Gasteiger partial charge in [0.1, 0.15) is 11.6 Å². The van der Waals surface area contributed by atoms with Gasteiger partial charge in [-0.15, -0.1) is 0 Å². The minimum Gasteiger partial charge on any atom is -0.402 e. The monoisotopic (exact) mass is 323 g/mol. The summed E-state index contributed by atoms with van der Waals surface area (Å²) in [7, 11) is 0. The van der Waals surface area contributed by atoms with E-state index in [4.69, 9.17) is 15.7 Å². The van der Waals surface area contributed by atoms with Gasteiger partial charge in [-0.05, 0) is 52.3 Å². The summed E-state index contributed by atoms with van der Waals surface area (Å²) in [6, 6.07) is 4.04. The van der Waals surface area contributed by atoms with Crippen molar-refractivity contribution >= 4 is 22.3 Å². The van der Waals surface area contributed by atoms with Crippen LogP contribution in [0.25, 0.3) is 27.7 Å². The van der Waals surface area contributed by atoms with Gasteiger partial charge in [-0.2, -0.15) is 0 Å². The fourth-order valence-electron chi connectivity index (χ4n) is 3.18. The second-order valence-electron chi connectivity index (χ2n) is 6.12. The number of aromatic amines is 1. The largest absolute Gasteiger partial charge is 0.402 e. The van der Waals surface area contributed by atoms with Crippen molar-refractivity contribution in [3.8, 4) is 11.1 Å². The molecule has 0 atom stereocenters. The predicted molar refractivity (Wildman–Crippen MR) is 96.0 cm³/mol. The third kappa shape index (κ3) is 2.50. The van der Waals surface area contributed by atoms with Gasteiger partial charge in [-0.3, -0.25) is 0 Å².